The lowest BCUT2D eigenvalue weighted by Gasteiger charge is -2.12. The Morgan fingerprint density at radius 2 is 2.14 bits per heavy atom. The van der Waals surface area contributed by atoms with Crippen LogP contribution in [0.4, 0.5) is 0 Å². The van der Waals surface area contributed by atoms with E-state index in [2.05, 4.69) is 10.3 Å². The number of hydrogen-bond acceptors (Lipinski definition) is 5. The van der Waals surface area contributed by atoms with Gasteiger partial charge < -0.3 is 15.2 Å². The summed E-state index contributed by atoms with van der Waals surface area (Å²) in [6.45, 7) is 2.43. The average Bonchev–Trinajstić information content (AvgIpc) is 2.92. The van der Waals surface area contributed by atoms with E-state index in [4.69, 9.17) is 4.74 Å². The number of hydrogen-bond donors (Lipinski definition) is 2. The third kappa shape index (κ3) is 4.03. The van der Waals surface area contributed by atoms with Crippen molar-refractivity contribution in [2.45, 2.75) is 19.4 Å². The first kappa shape index (κ1) is 15.5. The highest BCUT2D eigenvalue weighted by Crippen LogP contribution is 2.18. The summed E-state index contributed by atoms with van der Waals surface area (Å²) in [7, 11) is 1.57. The van der Waals surface area contributed by atoms with Gasteiger partial charge in [0.25, 0.3) is 5.91 Å². The van der Waals surface area contributed by atoms with E-state index in [1.807, 2.05) is 6.92 Å². The fourth-order valence-electron chi connectivity index (χ4n) is 1.90. The first-order valence-electron chi connectivity index (χ1n) is 6.60. The van der Waals surface area contributed by atoms with Crippen molar-refractivity contribution in [3.8, 4) is 5.75 Å². The molecule has 0 fully saturated rings. The molecule has 0 aliphatic rings. The molecule has 1 amide bonds. The molecule has 0 saturated heterocycles. The first-order valence-corrected chi connectivity index (χ1v) is 7.48. The molecule has 5 nitrogen and oxygen atoms in total. The predicted molar refractivity (Wildman–Crippen MR) is 81.5 cm³/mol. The molecule has 0 aliphatic heterocycles. The molecule has 1 aromatic heterocycles. The minimum Gasteiger partial charge on any atom is -0.497 e. The molecule has 1 heterocycles. The summed E-state index contributed by atoms with van der Waals surface area (Å²) in [4.78, 5) is 17.2. The number of nitrogens with zero attached hydrogens (tertiary/aromatic N) is 1. The van der Waals surface area contributed by atoms with Crippen LogP contribution in [0.1, 0.15) is 22.2 Å². The van der Waals surface area contributed by atoms with E-state index in [1.54, 1.807) is 48.2 Å². The fourth-order valence-corrected chi connectivity index (χ4v) is 2.68. The van der Waals surface area contributed by atoms with Crippen LogP contribution >= 0.6 is 11.3 Å². The fraction of sp³-hybridized carbons (Fsp3) is 0.333. The Morgan fingerprint density at radius 1 is 1.43 bits per heavy atom. The van der Waals surface area contributed by atoms with Gasteiger partial charge in [-0.3, -0.25) is 4.79 Å². The van der Waals surface area contributed by atoms with Gasteiger partial charge >= 0.3 is 0 Å². The molecule has 2 rings (SSSR count). The van der Waals surface area contributed by atoms with Gasteiger partial charge in [0.05, 0.1) is 18.3 Å². The molecule has 0 bridgehead atoms. The minimum absolute atomic E-state index is 0.401. The lowest BCUT2D eigenvalue weighted by molar-refractivity contribution is -0.129. The highest BCUT2D eigenvalue weighted by molar-refractivity contribution is 7.09. The number of thiazole rings is 1. The maximum absolute atomic E-state index is 11.9. The number of aliphatic hydroxyl groups excluding tert-OH is 1. The molecule has 2 aromatic rings. The lowest BCUT2D eigenvalue weighted by Crippen LogP contribution is -2.30. The molecule has 21 heavy (non-hydrogen) atoms. The molecule has 2 N–H and O–H groups in total. The number of carbonyl (C=O) groups excluding carboxylic acids is 1. The summed E-state index contributed by atoms with van der Waals surface area (Å²) in [6.07, 6.45) is -0.448. The summed E-state index contributed by atoms with van der Waals surface area (Å²) >= 11 is 1.57. The molecule has 1 atom stereocenters. The second kappa shape index (κ2) is 7.19. The zero-order valence-electron chi connectivity index (χ0n) is 12.0. The summed E-state index contributed by atoms with van der Waals surface area (Å²) in [5.74, 6) is 0.286. The molecule has 0 aliphatic carbocycles. The van der Waals surface area contributed by atoms with E-state index in [0.717, 1.165) is 17.0 Å². The van der Waals surface area contributed by atoms with Crippen LogP contribution in [-0.2, 0) is 11.2 Å². The number of aryl methyl sites for hydroxylation is 1. The van der Waals surface area contributed by atoms with E-state index in [0.29, 0.717) is 17.9 Å². The van der Waals surface area contributed by atoms with Crippen molar-refractivity contribution in [3.63, 3.8) is 0 Å². The van der Waals surface area contributed by atoms with E-state index >= 15 is 0 Å². The van der Waals surface area contributed by atoms with Crippen molar-refractivity contribution in [3.05, 3.63) is 45.9 Å². The van der Waals surface area contributed by atoms with Crippen LogP contribution in [0.15, 0.2) is 29.8 Å². The second-order valence-corrected chi connectivity index (χ2v) is 5.52. The molecule has 0 saturated carbocycles. The smallest absolute Gasteiger partial charge is 0.253 e. The first-order chi connectivity index (χ1) is 10.1. The number of nitrogens with one attached hydrogen (secondary N) is 1. The molecule has 112 valence electrons. The van der Waals surface area contributed by atoms with Crippen molar-refractivity contribution < 1.29 is 14.6 Å². The molecule has 0 unspecified atom stereocenters. The van der Waals surface area contributed by atoms with Crippen LogP contribution in [0.25, 0.3) is 0 Å². The third-order valence-electron chi connectivity index (χ3n) is 3.18. The average molecular weight is 306 g/mol. The Labute approximate surface area is 127 Å². The number of aliphatic hydroxyl groups is 1. The lowest BCUT2D eigenvalue weighted by atomic mass is 10.1. The van der Waals surface area contributed by atoms with Crippen molar-refractivity contribution in [1.29, 1.82) is 0 Å². The quantitative estimate of drug-likeness (QED) is 0.854. The van der Waals surface area contributed by atoms with Crippen LogP contribution in [0, 0.1) is 6.92 Å². The maximum Gasteiger partial charge on any atom is 0.253 e. The van der Waals surface area contributed by atoms with Crippen LogP contribution in [0.3, 0.4) is 0 Å². The highest BCUT2D eigenvalue weighted by atomic mass is 32.1. The van der Waals surface area contributed by atoms with Gasteiger partial charge in [0.2, 0.25) is 0 Å². The number of ether oxygens (including phenoxy) is 1. The van der Waals surface area contributed by atoms with Gasteiger partial charge in [-0.1, -0.05) is 12.1 Å². The number of carbonyl (C=O) groups is 1. The normalized spacial score (nSPS) is 12.0. The zero-order valence-corrected chi connectivity index (χ0v) is 12.8. The van der Waals surface area contributed by atoms with E-state index < -0.39 is 12.0 Å². The highest BCUT2D eigenvalue weighted by Gasteiger charge is 2.16. The van der Waals surface area contributed by atoms with Crippen molar-refractivity contribution >= 4 is 17.2 Å². The summed E-state index contributed by atoms with van der Waals surface area (Å²) < 4.78 is 5.04. The SMILES string of the molecule is COc1ccc([C@H](O)C(=O)NCCc2scnc2C)cc1. The molecule has 1 aromatic carbocycles. The van der Waals surface area contributed by atoms with Crippen LogP contribution < -0.4 is 10.1 Å². The van der Waals surface area contributed by atoms with Gasteiger partial charge in [-0.15, -0.1) is 11.3 Å². The Morgan fingerprint density at radius 3 is 2.71 bits per heavy atom. The number of amides is 1. The predicted octanol–water partition coefficient (Wildman–Crippen LogP) is 1.85. The van der Waals surface area contributed by atoms with Gasteiger partial charge in [0, 0.05) is 17.8 Å². The van der Waals surface area contributed by atoms with Crippen molar-refractivity contribution in [2.24, 2.45) is 0 Å². The zero-order chi connectivity index (χ0) is 15.2. The van der Waals surface area contributed by atoms with Gasteiger partial charge in [0.1, 0.15) is 5.75 Å². The van der Waals surface area contributed by atoms with Crippen LogP contribution in [0.2, 0.25) is 0 Å². The minimum atomic E-state index is -1.17. The Bertz CT molecular complexity index is 595. The second-order valence-electron chi connectivity index (χ2n) is 4.58. The number of aromatic nitrogens is 1. The third-order valence-corrected chi connectivity index (χ3v) is 4.17. The van der Waals surface area contributed by atoms with Gasteiger partial charge in [-0.2, -0.15) is 0 Å². The number of benzene rings is 1. The van der Waals surface area contributed by atoms with Gasteiger partial charge in [0.15, 0.2) is 6.10 Å². The Hall–Kier alpha value is -1.92. The molecule has 6 heteroatoms. The van der Waals surface area contributed by atoms with E-state index in [9.17, 15) is 9.90 Å². The monoisotopic (exact) mass is 306 g/mol. The maximum atomic E-state index is 11.9. The van der Waals surface area contributed by atoms with E-state index in [1.165, 1.54) is 0 Å². The number of rotatable bonds is 6. The molecule has 0 radical (unpaired) electrons. The number of methoxy groups -OCH3 is 1. The Balaban J connectivity index is 1.85. The van der Waals surface area contributed by atoms with Crippen LogP contribution in [-0.4, -0.2) is 29.7 Å². The van der Waals surface area contributed by atoms with Crippen molar-refractivity contribution in [2.75, 3.05) is 13.7 Å². The summed E-state index contributed by atoms with van der Waals surface area (Å²) in [5.41, 5.74) is 3.32. The molecule has 0 spiro atoms. The topological polar surface area (TPSA) is 71.5 Å². The Kier molecular flexibility index (Phi) is 5.30. The largest absolute Gasteiger partial charge is 0.497 e. The van der Waals surface area contributed by atoms with E-state index in [-0.39, 0.29) is 0 Å². The van der Waals surface area contributed by atoms with Gasteiger partial charge in [-0.05, 0) is 24.6 Å². The summed E-state index contributed by atoms with van der Waals surface area (Å²) in [5, 5.41) is 12.7. The molecular formula is C15H18N2O3S. The van der Waals surface area contributed by atoms with Gasteiger partial charge in [-0.25, -0.2) is 4.98 Å². The van der Waals surface area contributed by atoms with Crippen LogP contribution in [0.5, 0.6) is 5.75 Å². The molecular weight excluding hydrogens is 288 g/mol. The summed E-state index contributed by atoms with van der Waals surface area (Å²) in [6, 6.07) is 6.78. The standard InChI is InChI=1S/C15H18N2O3S/c1-10-13(21-9-17-10)7-8-16-15(19)14(18)11-3-5-12(20-2)6-4-11/h3-6,9,14,18H,7-8H2,1-2H3,(H,16,19)/t14-/m0/s1. The van der Waals surface area contributed by atoms with Crippen molar-refractivity contribution in [1.82, 2.24) is 10.3 Å².